The van der Waals surface area contributed by atoms with Gasteiger partial charge in [-0.05, 0) is 41.8 Å². The molecule has 1 aromatic heterocycles. The standard InChI is InChI=1S/C24H22N4O3/c1-16(14-25)23(29)28-21-8-5-13-26-22(21)27-15-17-9-11-18(12-10-17)19-6-3-4-7-20(19)24(30)31-2/h3-13,16H,15H2,1-2H3,(H,26,27)(H,28,29). The number of aromatic nitrogens is 1. The van der Waals surface area contributed by atoms with Crippen LogP contribution in [-0.4, -0.2) is 24.0 Å². The van der Waals surface area contributed by atoms with Gasteiger partial charge in [-0.25, -0.2) is 9.78 Å². The number of hydrogen-bond acceptors (Lipinski definition) is 6. The summed E-state index contributed by atoms with van der Waals surface area (Å²) in [6.07, 6.45) is 1.62. The van der Waals surface area contributed by atoms with E-state index in [0.717, 1.165) is 16.7 Å². The molecule has 0 radical (unpaired) electrons. The van der Waals surface area contributed by atoms with Crippen molar-refractivity contribution >= 4 is 23.4 Å². The Labute approximate surface area is 180 Å². The fourth-order valence-corrected chi connectivity index (χ4v) is 2.96. The van der Waals surface area contributed by atoms with Crippen LogP contribution in [0.4, 0.5) is 11.5 Å². The molecular formula is C24H22N4O3. The number of methoxy groups -OCH3 is 1. The Bertz CT molecular complexity index is 1120. The first kappa shape index (κ1) is 21.5. The van der Waals surface area contributed by atoms with Crippen LogP contribution < -0.4 is 10.6 Å². The molecule has 0 saturated carbocycles. The molecule has 1 atom stereocenters. The van der Waals surface area contributed by atoms with E-state index in [2.05, 4.69) is 15.6 Å². The van der Waals surface area contributed by atoms with Crippen LogP contribution in [-0.2, 0) is 16.1 Å². The van der Waals surface area contributed by atoms with Crippen molar-refractivity contribution in [1.82, 2.24) is 4.98 Å². The van der Waals surface area contributed by atoms with E-state index in [4.69, 9.17) is 10.00 Å². The van der Waals surface area contributed by atoms with E-state index in [-0.39, 0.29) is 11.9 Å². The van der Waals surface area contributed by atoms with Gasteiger partial charge in [0.05, 0.1) is 24.4 Å². The van der Waals surface area contributed by atoms with Crippen molar-refractivity contribution in [1.29, 1.82) is 5.26 Å². The first-order valence-corrected chi connectivity index (χ1v) is 9.69. The van der Waals surface area contributed by atoms with E-state index in [9.17, 15) is 9.59 Å². The molecule has 3 rings (SSSR count). The molecule has 7 nitrogen and oxygen atoms in total. The average molecular weight is 414 g/mol. The number of benzene rings is 2. The highest BCUT2D eigenvalue weighted by Crippen LogP contribution is 2.25. The number of nitrogens with zero attached hydrogens (tertiary/aromatic N) is 2. The summed E-state index contributed by atoms with van der Waals surface area (Å²) in [4.78, 5) is 28.3. The highest BCUT2D eigenvalue weighted by molar-refractivity contribution is 5.97. The van der Waals surface area contributed by atoms with Crippen LogP contribution in [0.3, 0.4) is 0 Å². The third-order valence-corrected chi connectivity index (χ3v) is 4.71. The Morgan fingerprint density at radius 3 is 2.55 bits per heavy atom. The van der Waals surface area contributed by atoms with Gasteiger partial charge in [0.1, 0.15) is 11.7 Å². The molecule has 0 fully saturated rings. The largest absolute Gasteiger partial charge is 0.465 e. The summed E-state index contributed by atoms with van der Waals surface area (Å²) in [6.45, 7) is 2.02. The lowest BCUT2D eigenvalue weighted by molar-refractivity contribution is -0.117. The first-order chi connectivity index (χ1) is 15.0. The molecular weight excluding hydrogens is 392 g/mol. The Hall–Kier alpha value is -4.18. The van der Waals surface area contributed by atoms with E-state index >= 15 is 0 Å². The molecule has 0 aliphatic heterocycles. The predicted molar refractivity (Wildman–Crippen MR) is 118 cm³/mol. The lowest BCUT2D eigenvalue weighted by atomic mass is 9.98. The first-order valence-electron chi connectivity index (χ1n) is 9.69. The third kappa shape index (κ3) is 5.25. The van der Waals surface area contributed by atoms with Crippen LogP contribution in [0.2, 0.25) is 0 Å². The number of ether oxygens (including phenoxy) is 1. The number of nitriles is 1. The van der Waals surface area contributed by atoms with E-state index in [0.29, 0.717) is 23.6 Å². The van der Waals surface area contributed by atoms with Crippen LogP contribution in [0.25, 0.3) is 11.1 Å². The lowest BCUT2D eigenvalue weighted by Gasteiger charge is -2.13. The Morgan fingerprint density at radius 2 is 1.84 bits per heavy atom. The molecule has 0 aliphatic carbocycles. The van der Waals surface area contributed by atoms with Crippen molar-refractivity contribution in [2.75, 3.05) is 17.7 Å². The van der Waals surface area contributed by atoms with E-state index in [1.807, 2.05) is 42.5 Å². The molecule has 2 N–H and O–H groups in total. The average Bonchev–Trinajstić information content (AvgIpc) is 2.82. The fourth-order valence-electron chi connectivity index (χ4n) is 2.96. The van der Waals surface area contributed by atoms with Crippen molar-refractivity contribution in [3.63, 3.8) is 0 Å². The maximum Gasteiger partial charge on any atom is 0.338 e. The second kappa shape index (κ2) is 10.0. The molecule has 31 heavy (non-hydrogen) atoms. The third-order valence-electron chi connectivity index (χ3n) is 4.71. The van der Waals surface area contributed by atoms with Crippen LogP contribution >= 0.6 is 0 Å². The number of rotatable bonds is 7. The molecule has 7 heteroatoms. The second-order valence-corrected chi connectivity index (χ2v) is 6.83. The summed E-state index contributed by atoms with van der Waals surface area (Å²) in [5.74, 6) is -1.00. The number of carbonyl (C=O) groups is 2. The summed E-state index contributed by atoms with van der Waals surface area (Å²) in [5, 5.41) is 14.8. The number of anilines is 2. The minimum Gasteiger partial charge on any atom is -0.465 e. The smallest absolute Gasteiger partial charge is 0.338 e. The van der Waals surface area contributed by atoms with Gasteiger partial charge in [0.25, 0.3) is 0 Å². The van der Waals surface area contributed by atoms with E-state index < -0.39 is 5.92 Å². The summed E-state index contributed by atoms with van der Waals surface area (Å²) in [5.41, 5.74) is 3.72. The van der Waals surface area contributed by atoms with Crippen molar-refractivity contribution in [2.45, 2.75) is 13.5 Å². The number of esters is 1. The summed E-state index contributed by atoms with van der Waals surface area (Å²) in [6, 6.07) is 20.4. The van der Waals surface area contributed by atoms with Gasteiger partial charge in [-0.1, -0.05) is 42.5 Å². The van der Waals surface area contributed by atoms with Gasteiger partial charge >= 0.3 is 5.97 Å². The molecule has 156 valence electrons. The number of hydrogen-bond donors (Lipinski definition) is 2. The molecule has 1 heterocycles. The normalized spacial score (nSPS) is 11.1. The molecule has 0 saturated heterocycles. The minimum atomic E-state index is -0.756. The number of carbonyl (C=O) groups excluding carboxylic acids is 2. The van der Waals surface area contributed by atoms with Crippen LogP contribution in [0.1, 0.15) is 22.8 Å². The molecule has 2 aromatic carbocycles. The van der Waals surface area contributed by atoms with E-state index in [1.54, 1.807) is 37.4 Å². The Balaban J connectivity index is 1.72. The zero-order valence-electron chi connectivity index (χ0n) is 17.3. The maximum atomic E-state index is 12.0. The lowest BCUT2D eigenvalue weighted by Crippen LogP contribution is -2.20. The van der Waals surface area contributed by atoms with Crippen LogP contribution in [0, 0.1) is 17.2 Å². The van der Waals surface area contributed by atoms with Crippen molar-refractivity contribution < 1.29 is 14.3 Å². The van der Waals surface area contributed by atoms with Gasteiger partial charge in [-0.15, -0.1) is 0 Å². The van der Waals surface area contributed by atoms with Gasteiger partial charge in [0, 0.05) is 12.7 Å². The van der Waals surface area contributed by atoms with Crippen LogP contribution in [0.5, 0.6) is 0 Å². The van der Waals surface area contributed by atoms with Gasteiger partial charge in [0.15, 0.2) is 0 Å². The Morgan fingerprint density at radius 1 is 1.10 bits per heavy atom. The van der Waals surface area contributed by atoms with Gasteiger partial charge in [0.2, 0.25) is 5.91 Å². The topological polar surface area (TPSA) is 104 Å². The quantitative estimate of drug-likeness (QED) is 0.560. The Kier molecular flexibility index (Phi) is 6.97. The monoisotopic (exact) mass is 414 g/mol. The van der Waals surface area contributed by atoms with Crippen LogP contribution in [0.15, 0.2) is 66.9 Å². The van der Waals surface area contributed by atoms with Crippen molar-refractivity contribution in [3.05, 3.63) is 78.0 Å². The minimum absolute atomic E-state index is 0.378. The zero-order chi connectivity index (χ0) is 22.2. The van der Waals surface area contributed by atoms with Gasteiger partial charge in [-0.2, -0.15) is 5.26 Å². The second-order valence-electron chi connectivity index (χ2n) is 6.83. The molecule has 1 amide bonds. The number of pyridine rings is 1. The summed E-state index contributed by atoms with van der Waals surface area (Å²) in [7, 11) is 1.36. The molecule has 0 spiro atoms. The van der Waals surface area contributed by atoms with E-state index in [1.165, 1.54) is 7.11 Å². The molecule has 3 aromatic rings. The SMILES string of the molecule is COC(=O)c1ccccc1-c1ccc(CNc2ncccc2NC(=O)C(C)C#N)cc1. The molecule has 1 unspecified atom stereocenters. The summed E-state index contributed by atoms with van der Waals surface area (Å²) < 4.78 is 4.87. The van der Waals surface area contributed by atoms with Crippen molar-refractivity contribution in [3.8, 4) is 17.2 Å². The maximum absolute atomic E-state index is 12.0. The number of nitrogens with one attached hydrogen (secondary N) is 2. The van der Waals surface area contributed by atoms with Gasteiger partial charge in [-0.3, -0.25) is 4.79 Å². The fraction of sp³-hybridized carbons (Fsp3) is 0.167. The molecule has 0 bridgehead atoms. The highest BCUT2D eigenvalue weighted by atomic mass is 16.5. The van der Waals surface area contributed by atoms with Crippen molar-refractivity contribution in [2.24, 2.45) is 5.92 Å². The predicted octanol–water partition coefficient (Wildman–Crippen LogP) is 4.25. The summed E-state index contributed by atoms with van der Waals surface area (Å²) >= 11 is 0. The number of amides is 1. The van der Waals surface area contributed by atoms with Gasteiger partial charge < -0.3 is 15.4 Å². The highest BCUT2D eigenvalue weighted by Gasteiger charge is 2.14. The zero-order valence-corrected chi connectivity index (χ0v) is 17.3. The molecule has 0 aliphatic rings.